The molecule has 1 aromatic carbocycles. The van der Waals surface area contributed by atoms with Crippen molar-refractivity contribution in [1.82, 2.24) is 19.2 Å². The molecule has 0 aliphatic carbocycles. The maximum atomic E-state index is 13.5. The van der Waals surface area contributed by atoms with Crippen LogP contribution in [0, 0.1) is 18.6 Å². The Bertz CT molecular complexity index is 1350. The standard InChI is InChI=1S/C21H23F2N5O4S2/c1-3-32-21(29)18-12(2)17-19(24)25-16(26-20(17)33-18)11-27-6-8-28(9-7-27)34(30,31)13-4-5-14(22)15(23)10-13/h4-5,10H,3,6-9,11H2,1-2H3,(H2,24,25,26). The van der Waals surface area contributed by atoms with Crippen LogP contribution in [0.4, 0.5) is 14.6 Å². The Morgan fingerprint density at radius 1 is 1.18 bits per heavy atom. The molecule has 13 heteroatoms. The monoisotopic (exact) mass is 511 g/mol. The van der Waals surface area contributed by atoms with Crippen LogP contribution in [0.3, 0.4) is 0 Å². The molecular weight excluding hydrogens is 488 g/mol. The molecule has 1 aliphatic rings. The zero-order chi connectivity index (χ0) is 24.6. The number of esters is 1. The number of nitrogens with two attached hydrogens (primary N) is 1. The van der Waals surface area contributed by atoms with Crippen LogP contribution in [0.1, 0.15) is 28.0 Å². The van der Waals surface area contributed by atoms with Crippen molar-refractivity contribution < 1.29 is 26.7 Å². The highest BCUT2D eigenvalue weighted by Gasteiger charge is 2.30. The molecule has 34 heavy (non-hydrogen) atoms. The summed E-state index contributed by atoms with van der Waals surface area (Å²) in [7, 11) is -3.94. The average Bonchev–Trinajstić information content (AvgIpc) is 3.13. The van der Waals surface area contributed by atoms with E-state index >= 15 is 0 Å². The van der Waals surface area contributed by atoms with E-state index in [2.05, 4.69) is 9.97 Å². The number of aromatic nitrogens is 2. The van der Waals surface area contributed by atoms with E-state index in [1.54, 1.807) is 13.8 Å². The van der Waals surface area contributed by atoms with E-state index in [4.69, 9.17) is 10.5 Å². The van der Waals surface area contributed by atoms with Crippen molar-refractivity contribution in [2.24, 2.45) is 0 Å². The molecule has 0 atom stereocenters. The van der Waals surface area contributed by atoms with Gasteiger partial charge in [-0.2, -0.15) is 4.31 Å². The number of nitrogen functional groups attached to an aromatic ring is 1. The molecule has 0 amide bonds. The van der Waals surface area contributed by atoms with Gasteiger partial charge in [-0.15, -0.1) is 11.3 Å². The molecule has 1 aliphatic heterocycles. The van der Waals surface area contributed by atoms with Crippen molar-refractivity contribution >= 4 is 43.4 Å². The fourth-order valence-corrected chi connectivity index (χ4v) is 6.33. The molecule has 1 saturated heterocycles. The number of piperazine rings is 1. The van der Waals surface area contributed by atoms with Crippen LogP contribution in [-0.2, 0) is 21.3 Å². The number of ether oxygens (including phenoxy) is 1. The largest absolute Gasteiger partial charge is 0.462 e. The third-order valence-electron chi connectivity index (χ3n) is 5.55. The van der Waals surface area contributed by atoms with Gasteiger partial charge in [0.15, 0.2) is 11.6 Å². The fraction of sp³-hybridized carbons (Fsp3) is 0.381. The molecule has 3 heterocycles. The van der Waals surface area contributed by atoms with Crippen LogP contribution in [0.15, 0.2) is 23.1 Å². The molecule has 3 aromatic rings. The Balaban J connectivity index is 1.47. The number of halogens is 2. The van der Waals surface area contributed by atoms with Crippen LogP contribution < -0.4 is 5.73 Å². The number of benzene rings is 1. The van der Waals surface area contributed by atoms with Gasteiger partial charge in [0.2, 0.25) is 10.0 Å². The zero-order valence-corrected chi connectivity index (χ0v) is 20.2. The summed E-state index contributed by atoms with van der Waals surface area (Å²) in [5.74, 6) is -2.01. The minimum atomic E-state index is -3.94. The van der Waals surface area contributed by atoms with Gasteiger partial charge >= 0.3 is 5.97 Å². The second kappa shape index (κ2) is 9.49. The number of hydrogen-bond acceptors (Lipinski definition) is 9. The lowest BCUT2D eigenvalue weighted by Crippen LogP contribution is -2.48. The zero-order valence-electron chi connectivity index (χ0n) is 18.5. The summed E-state index contributed by atoms with van der Waals surface area (Å²) in [6, 6.07) is 2.55. The van der Waals surface area contributed by atoms with Gasteiger partial charge in [-0.25, -0.2) is 32.0 Å². The molecule has 0 saturated carbocycles. The van der Waals surface area contributed by atoms with Crippen molar-refractivity contribution in [3.05, 3.63) is 46.1 Å². The number of thiophene rings is 1. The summed E-state index contributed by atoms with van der Waals surface area (Å²) < 4.78 is 58.6. The second-order valence-corrected chi connectivity index (χ2v) is 10.7. The summed E-state index contributed by atoms with van der Waals surface area (Å²) in [6.07, 6.45) is 0. The molecule has 2 aromatic heterocycles. The van der Waals surface area contributed by atoms with Gasteiger partial charge in [0.25, 0.3) is 0 Å². The van der Waals surface area contributed by atoms with Crippen LogP contribution in [-0.4, -0.2) is 66.3 Å². The molecule has 0 unspecified atom stereocenters. The number of carbonyl (C=O) groups excluding carboxylic acids is 1. The van der Waals surface area contributed by atoms with Gasteiger partial charge in [0.05, 0.1) is 23.4 Å². The molecule has 0 radical (unpaired) electrons. The molecule has 2 N–H and O–H groups in total. The van der Waals surface area contributed by atoms with Crippen molar-refractivity contribution in [3.8, 4) is 0 Å². The van der Waals surface area contributed by atoms with Gasteiger partial charge in [0.1, 0.15) is 21.3 Å². The van der Waals surface area contributed by atoms with Gasteiger partial charge in [0, 0.05) is 26.2 Å². The Hall–Kier alpha value is -2.74. The third-order valence-corrected chi connectivity index (χ3v) is 8.61. The number of nitrogens with zero attached hydrogens (tertiary/aromatic N) is 4. The smallest absolute Gasteiger partial charge is 0.348 e. The Labute approximate surface area is 199 Å². The molecule has 182 valence electrons. The van der Waals surface area contributed by atoms with Crippen molar-refractivity contribution in [1.29, 1.82) is 0 Å². The predicted octanol–water partition coefficient (Wildman–Crippen LogP) is 2.54. The summed E-state index contributed by atoms with van der Waals surface area (Å²) >= 11 is 1.20. The highest BCUT2D eigenvalue weighted by Crippen LogP contribution is 2.33. The quantitative estimate of drug-likeness (QED) is 0.502. The van der Waals surface area contributed by atoms with Crippen LogP contribution in [0.25, 0.3) is 10.2 Å². The third kappa shape index (κ3) is 4.60. The molecular formula is C21H23F2N5O4S2. The first-order chi connectivity index (χ1) is 16.1. The Morgan fingerprint density at radius 2 is 1.88 bits per heavy atom. The van der Waals surface area contributed by atoms with Crippen molar-refractivity contribution in [2.45, 2.75) is 25.3 Å². The number of rotatable bonds is 6. The van der Waals surface area contributed by atoms with Crippen LogP contribution in [0.5, 0.6) is 0 Å². The SMILES string of the molecule is CCOC(=O)c1sc2nc(CN3CCN(S(=O)(=O)c4ccc(F)c(F)c4)CC3)nc(N)c2c1C. The lowest BCUT2D eigenvalue weighted by molar-refractivity contribution is 0.0531. The summed E-state index contributed by atoms with van der Waals surface area (Å²) in [6.45, 7) is 5.23. The lowest BCUT2D eigenvalue weighted by atomic mass is 10.2. The lowest BCUT2D eigenvalue weighted by Gasteiger charge is -2.33. The summed E-state index contributed by atoms with van der Waals surface area (Å²) in [5, 5.41) is 0.624. The first-order valence-electron chi connectivity index (χ1n) is 10.5. The minimum absolute atomic E-state index is 0.171. The average molecular weight is 512 g/mol. The Kier molecular flexibility index (Phi) is 6.80. The van der Waals surface area contributed by atoms with Crippen LogP contribution in [0.2, 0.25) is 0 Å². The van der Waals surface area contributed by atoms with E-state index in [0.717, 1.165) is 12.1 Å². The van der Waals surface area contributed by atoms with Gasteiger partial charge in [-0.3, -0.25) is 4.90 Å². The summed E-state index contributed by atoms with van der Waals surface area (Å²) in [5.41, 5.74) is 6.84. The number of sulfonamides is 1. The Morgan fingerprint density at radius 3 is 2.53 bits per heavy atom. The minimum Gasteiger partial charge on any atom is -0.462 e. The van der Waals surface area contributed by atoms with E-state index in [9.17, 15) is 22.0 Å². The number of hydrogen-bond donors (Lipinski definition) is 1. The van der Waals surface area contributed by atoms with Gasteiger partial charge < -0.3 is 10.5 Å². The van der Waals surface area contributed by atoms with E-state index in [0.29, 0.717) is 52.2 Å². The second-order valence-electron chi connectivity index (χ2n) is 7.74. The van der Waals surface area contributed by atoms with Crippen molar-refractivity contribution in [3.63, 3.8) is 0 Å². The maximum Gasteiger partial charge on any atom is 0.348 e. The molecule has 0 bridgehead atoms. The molecule has 4 rings (SSSR count). The molecule has 9 nitrogen and oxygen atoms in total. The fourth-order valence-electron chi connectivity index (χ4n) is 3.79. The topological polar surface area (TPSA) is 119 Å². The van der Waals surface area contributed by atoms with E-state index < -0.39 is 27.6 Å². The summed E-state index contributed by atoms with van der Waals surface area (Å²) in [4.78, 5) is 23.8. The number of anilines is 1. The normalized spacial score (nSPS) is 15.6. The number of aryl methyl sites for hydroxylation is 1. The van der Waals surface area contributed by atoms with E-state index in [1.807, 2.05) is 4.90 Å². The van der Waals surface area contributed by atoms with E-state index in [1.165, 1.54) is 15.6 Å². The van der Waals surface area contributed by atoms with Gasteiger partial charge in [-0.05, 0) is 37.6 Å². The van der Waals surface area contributed by atoms with Gasteiger partial charge in [-0.1, -0.05) is 0 Å². The van der Waals surface area contributed by atoms with Crippen molar-refractivity contribution in [2.75, 3.05) is 38.5 Å². The highest BCUT2D eigenvalue weighted by atomic mass is 32.2. The molecule has 0 spiro atoms. The highest BCUT2D eigenvalue weighted by molar-refractivity contribution is 7.89. The first kappa shape index (κ1) is 24.4. The predicted molar refractivity (Wildman–Crippen MR) is 123 cm³/mol. The number of fused-ring (bicyclic) bond motifs is 1. The first-order valence-corrected chi connectivity index (χ1v) is 12.8. The molecule has 1 fully saturated rings. The van der Waals surface area contributed by atoms with Crippen LogP contribution >= 0.6 is 11.3 Å². The van der Waals surface area contributed by atoms with E-state index in [-0.39, 0.29) is 30.4 Å². The maximum absolute atomic E-state index is 13.5. The number of carbonyl (C=O) groups is 1.